The molecule has 0 saturated carbocycles. The largest absolute Gasteiger partial charge is 0.388 e. The molecule has 0 unspecified atom stereocenters. The van der Waals surface area contributed by atoms with Crippen molar-refractivity contribution in [3.63, 3.8) is 0 Å². The Morgan fingerprint density at radius 2 is 2.04 bits per heavy atom. The van der Waals surface area contributed by atoms with E-state index >= 15 is 0 Å². The molecule has 1 aromatic heterocycles. The molecule has 0 radical (unpaired) electrons. The van der Waals surface area contributed by atoms with Gasteiger partial charge in [0.05, 0.1) is 5.60 Å². The van der Waals surface area contributed by atoms with E-state index in [9.17, 15) is 9.90 Å². The minimum atomic E-state index is -0.670. The fourth-order valence-corrected chi connectivity index (χ4v) is 4.08. The highest BCUT2D eigenvalue weighted by molar-refractivity contribution is 5.73. The maximum absolute atomic E-state index is 11.6. The summed E-state index contributed by atoms with van der Waals surface area (Å²) in [5.74, 6) is 1.50. The number of aryl methyl sites for hydroxylation is 1. The second kappa shape index (κ2) is 7.79. The van der Waals surface area contributed by atoms with Gasteiger partial charge in [-0.25, -0.2) is 9.97 Å². The topological polar surface area (TPSA) is 69.6 Å². The molecule has 1 aromatic rings. The predicted molar refractivity (Wildman–Crippen MR) is 96.2 cm³/mol. The van der Waals surface area contributed by atoms with Crippen LogP contribution in [0.3, 0.4) is 0 Å². The molecule has 3 rings (SSSR count). The Morgan fingerprint density at radius 1 is 1.28 bits per heavy atom. The van der Waals surface area contributed by atoms with Crippen LogP contribution in [-0.4, -0.2) is 69.1 Å². The number of nitrogens with zero attached hydrogens (tertiary/aromatic N) is 4. The first kappa shape index (κ1) is 18.3. The van der Waals surface area contributed by atoms with Crippen LogP contribution in [0.1, 0.15) is 56.5 Å². The van der Waals surface area contributed by atoms with Crippen LogP contribution in [0.5, 0.6) is 0 Å². The molecule has 3 heterocycles. The number of β-amino-alcohol motifs (C(OH)–C–C–N with tert-alkyl or cyclic N) is 1. The Kier molecular flexibility index (Phi) is 5.69. The highest BCUT2D eigenvalue weighted by Crippen LogP contribution is 2.29. The molecule has 0 spiro atoms. The van der Waals surface area contributed by atoms with Crippen molar-refractivity contribution < 1.29 is 9.90 Å². The van der Waals surface area contributed by atoms with Gasteiger partial charge in [0.1, 0.15) is 5.82 Å². The van der Waals surface area contributed by atoms with Crippen molar-refractivity contribution >= 4 is 5.91 Å². The number of rotatable bonds is 3. The third-order valence-corrected chi connectivity index (χ3v) is 5.65. The molecule has 2 aliphatic heterocycles. The lowest BCUT2D eigenvalue weighted by molar-refractivity contribution is -0.129. The van der Waals surface area contributed by atoms with Crippen molar-refractivity contribution in [2.45, 2.75) is 57.5 Å². The first-order valence-electron chi connectivity index (χ1n) is 9.45. The normalized spacial score (nSPS) is 26.4. The Bertz CT molecular complexity index is 601. The van der Waals surface area contributed by atoms with Gasteiger partial charge in [0.2, 0.25) is 5.91 Å². The molecule has 25 heavy (non-hydrogen) atoms. The second-order valence-electron chi connectivity index (χ2n) is 7.69. The van der Waals surface area contributed by atoms with Crippen molar-refractivity contribution in [3.05, 3.63) is 23.8 Å². The number of carbonyl (C=O) groups excluding carboxylic acids is 1. The van der Waals surface area contributed by atoms with Crippen LogP contribution in [-0.2, 0) is 4.79 Å². The van der Waals surface area contributed by atoms with Crippen LogP contribution in [0.15, 0.2) is 12.3 Å². The van der Waals surface area contributed by atoms with Crippen molar-refractivity contribution in [1.82, 2.24) is 19.8 Å². The zero-order valence-electron chi connectivity index (χ0n) is 15.4. The first-order chi connectivity index (χ1) is 12.0. The monoisotopic (exact) mass is 346 g/mol. The number of hydrogen-bond donors (Lipinski definition) is 1. The summed E-state index contributed by atoms with van der Waals surface area (Å²) < 4.78 is 0. The summed E-state index contributed by atoms with van der Waals surface area (Å²) in [6.45, 7) is 7.71. The number of carbonyl (C=O) groups is 1. The number of aromatic nitrogens is 2. The van der Waals surface area contributed by atoms with E-state index in [1.807, 2.05) is 24.1 Å². The highest BCUT2D eigenvalue weighted by Gasteiger charge is 2.34. The second-order valence-corrected chi connectivity index (χ2v) is 7.69. The molecular weight excluding hydrogens is 316 g/mol. The summed E-state index contributed by atoms with van der Waals surface area (Å²) in [5.41, 5.74) is 0.354. The fraction of sp³-hybridized carbons (Fsp3) is 0.737. The maximum atomic E-state index is 11.6. The average molecular weight is 346 g/mol. The van der Waals surface area contributed by atoms with Gasteiger partial charge in [0.25, 0.3) is 0 Å². The van der Waals surface area contributed by atoms with Gasteiger partial charge >= 0.3 is 0 Å². The third kappa shape index (κ3) is 4.76. The van der Waals surface area contributed by atoms with Crippen LogP contribution in [0.4, 0.5) is 0 Å². The number of amides is 1. The summed E-state index contributed by atoms with van der Waals surface area (Å²) in [6, 6.07) is 1.94. The van der Waals surface area contributed by atoms with Crippen LogP contribution in [0.25, 0.3) is 0 Å². The van der Waals surface area contributed by atoms with E-state index in [-0.39, 0.29) is 5.91 Å². The Morgan fingerprint density at radius 3 is 2.72 bits per heavy atom. The van der Waals surface area contributed by atoms with E-state index in [1.54, 1.807) is 6.92 Å². The van der Waals surface area contributed by atoms with Crippen LogP contribution < -0.4 is 0 Å². The molecule has 0 aliphatic carbocycles. The number of hydrogen-bond acceptors (Lipinski definition) is 5. The number of likely N-dealkylation sites (tertiary alicyclic amines) is 2. The SMILES string of the molecule is CC(=O)N1CCC[C@@](O)(CN2CCC(c3nccc(C)n3)CC2)CC1. The average Bonchev–Trinajstić information content (AvgIpc) is 2.77. The minimum Gasteiger partial charge on any atom is -0.388 e. The lowest BCUT2D eigenvalue weighted by Crippen LogP contribution is -2.46. The molecule has 1 amide bonds. The molecule has 0 aromatic carbocycles. The van der Waals surface area contributed by atoms with Crippen molar-refractivity contribution in [2.24, 2.45) is 0 Å². The lowest BCUT2D eigenvalue weighted by atomic mass is 9.91. The van der Waals surface area contributed by atoms with E-state index in [0.29, 0.717) is 25.4 Å². The van der Waals surface area contributed by atoms with Gasteiger partial charge in [-0.1, -0.05) is 0 Å². The van der Waals surface area contributed by atoms with Gasteiger partial charge in [0.15, 0.2) is 0 Å². The van der Waals surface area contributed by atoms with Crippen molar-refractivity contribution in [2.75, 3.05) is 32.7 Å². The zero-order chi connectivity index (χ0) is 17.9. The van der Waals surface area contributed by atoms with Gasteiger partial charge in [0, 0.05) is 44.4 Å². The number of aliphatic hydroxyl groups is 1. The van der Waals surface area contributed by atoms with Crippen LogP contribution >= 0.6 is 0 Å². The van der Waals surface area contributed by atoms with E-state index < -0.39 is 5.60 Å². The molecule has 6 nitrogen and oxygen atoms in total. The Hall–Kier alpha value is -1.53. The van der Waals surface area contributed by atoms with Crippen LogP contribution in [0, 0.1) is 6.92 Å². The highest BCUT2D eigenvalue weighted by atomic mass is 16.3. The maximum Gasteiger partial charge on any atom is 0.219 e. The molecule has 1 atom stereocenters. The standard InChI is InChI=1S/C19H30N4O2/c1-15-4-9-20-18(21-15)17-5-11-22(12-6-17)14-19(25)7-3-10-23(13-8-19)16(2)24/h4,9,17,25H,3,5-8,10-14H2,1-2H3/t19-/m0/s1. The zero-order valence-corrected chi connectivity index (χ0v) is 15.4. The van der Waals surface area contributed by atoms with E-state index in [2.05, 4.69) is 14.9 Å². The molecule has 2 aliphatic rings. The van der Waals surface area contributed by atoms with Gasteiger partial charge in [-0.05, 0) is 58.2 Å². The summed E-state index contributed by atoms with van der Waals surface area (Å²) >= 11 is 0. The van der Waals surface area contributed by atoms with Crippen molar-refractivity contribution in [3.8, 4) is 0 Å². The van der Waals surface area contributed by atoms with E-state index in [4.69, 9.17) is 0 Å². The van der Waals surface area contributed by atoms with Gasteiger partial charge in [-0.2, -0.15) is 0 Å². The smallest absolute Gasteiger partial charge is 0.219 e. The molecule has 138 valence electrons. The molecule has 1 N–H and O–H groups in total. The molecular formula is C19H30N4O2. The molecule has 2 saturated heterocycles. The summed E-state index contributed by atoms with van der Waals surface area (Å²) in [4.78, 5) is 24.8. The third-order valence-electron chi connectivity index (χ3n) is 5.65. The molecule has 6 heteroatoms. The Balaban J connectivity index is 1.52. The van der Waals surface area contributed by atoms with Gasteiger partial charge in [-0.3, -0.25) is 4.79 Å². The number of piperidine rings is 1. The quantitative estimate of drug-likeness (QED) is 0.903. The minimum absolute atomic E-state index is 0.114. The molecule has 0 bridgehead atoms. The fourth-order valence-electron chi connectivity index (χ4n) is 4.08. The predicted octanol–water partition coefficient (Wildman–Crippen LogP) is 1.73. The molecule has 2 fully saturated rings. The van der Waals surface area contributed by atoms with Crippen LogP contribution in [0.2, 0.25) is 0 Å². The van der Waals surface area contributed by atoms with E-state index in [1.165, 1.54) is 0 Å². The first-order valence-corrected chi connectivity index (χ1v) is 9.45. The summed E-state index contributed by atoms with van der Waals surface area (Å²) in [6.07, 6.45) is 6.26. The van der Waals surface area contributed by atoms with Gasteiger partial charge < -0.3 is 14.9 Å². The summed E-state index contributed by atoms with van der Waals surface area (Å²) in [7, 11) is 0. The lowest BCUT2D eigenvalue weighted by Gasteiger charge is -2.37. The van der Waals surface area contributed by atoms with Crippen molar-refractivity contribution in [1.29, 1.82) is 0 Å². The van der Waals surface area contributed by atoms with E-state index in [0.717, 1.165) is 56.8 Å². The van der Waals surface area contributed by atoms with Gasteiger partial charge in [-0.15, -0.1) is 0 Å². The Labute approximate surface area is 150 Å². The summed E-state index contributed by atoms with van der Waals surface area (Å²) in [5, 5.41) is 11.0.